The Kier molecular flexibility index (Phi) is 5.09. The molecule has 0 spiro atoms. The van der Waals surface area contributed by atoms with Gasteiger partial charge in [0.05, 0.1) is 12.7 Å². The van der Waals surface area contributed by atoms with Crippen LogP contribution in [0.15, 0.2) is 30.6 Å². The first-order valence-electron chi connectivity index (χ1n) is 8.28. The molecule has 1 unspecified atom stereocenters. The zero-order chi connectivity index (χ0) is 17.1. The second kappa shape index (κ2) is 7.26. The van der Waals surface area contributed by atoms with E-state index in [-0.39, 0.29) is 11.8 Å². The molecule has 1 aromatic carbocycles. The minimum atomic E-state index is -0.0337. The minimum absolute atomic E-state index is 0.0337. The number of hydrogen-bond donors (Lipinski definition) is 0. The summed E-state index contributed by atoms with van der Waals surface area (Å²) in [6, 6.07) is 5.15. The van der Waals surface area contributed by atoms with E-state index < -0.39 is 0 Å². The lowest BCUT2D eigenvalue weighted by molar-refractivity contribution is 0.0700. The number of aryl methyl sites for hydroxylation is 1. The summed E-state index contributed by atoms with van der Waals surface area (Å²) in [6.07, 6.45) is 5.85. The van der Waals surface area contributed by atoms with Crippen LogP contribution in [0.5, 0.6) is 5.75 Å². The highest BCUT2D eigenvalue weighted by Gasteiger charge is 2.29. The quantitative estimate of drug-likeness (QED) is 0.849. The fraction of sp³-hybridized carbons (Fsp3) is 0.444. The summed E-state index contributed by atoms with van der Waals surface area (Å²) in [5.41, 5.74) is 0.518. The number of carbonyl (C=O) groups is 1. The second-order valence-electron chi connectivity index (χ2n) is 6.01. The molecule has 6 heteroatoms. The molecule has 5 nitrogen and oxygen atoms in total. The molecule has 2 aromatic rings. The van der Waals surface area contributed by atoms with Gasteiger partial charge < -0.3 is 14.2 Å². The van der Waals surface area contributed by atoms with Gasteiger partial charge in [0.15, 0.2) is 0 Å². The molecule has 2 heterocycles. The van der Waals surface area contributed by atoms with Gasteiger partial charge in [-0.25, -0.2) is 4.98 Å². The van der Waals surface area contributed by atoms with E-state index in [1.165, 1.54) is 0 Å². The van der Waals surface area contributed by atoms with Gasteiger partial charge >= 0.3 is 0 Å². The molecule has 1 aromatic heterocycles. The number of piperidine rings is 1. The maximum Gasteiger partial charge on any atom is 0.257 e. The third-order valence-electron chi connectivity index (χ3n) is 4.55. The number of rotatable bonds is 4. The summed E-state index contributed by atoms with van der Waals surface area (Å²) in [7, 11) is 1.57. The second-order valence-corrected chi connectivity index (χ2v) is 6.44. The van der Waals surface area contributed by atoms with Crippen LogP contribution in [-0.4, -0.2) is 40.6 Å². The summed E-state index contributed by atoms with van der Waals surface area (Å²) >= 11 is 6.07. The van der Waals surface area contributed by atoms with Gasteiger partial charge in [0, 0.05) is 43.0 Å². The summed E-state index contributed by atoms with van der Waals surface area (Å²) in [4.78, 5) is 19.4. The van der Waals surface area contributed by atoms with Crippen molar-refractivity contribution in [3.05, 3.63) is 47.0 Å². The normalized spacial score (nSPS) is 17.8. The number of likely N-dealkylation sites (tertiary alicyclic amines) is 1. The van der Waals surface area contributed by atoms with Crippen molar-refractivity contribution in [3.63, 3.8) is 0 Å². The van der Waals surface area contributed by atoms with Crippen LogP contribution >= 0.6 is 11.6 Å². The fourth-order valence-corrected chi connectivity index (χ4v) is 3.51. The molecule has 0 radical (unpaired) electrons. The van der Waals surface area contributed by atoms with E-state index in [1.54, 1.807) is 25.3 Å². The molecule has 0 saturated carbocycles. The molecular formula is C18H22ClN3O2. The molecule has 1 atom stereocenters. The van der Waals surface area contributed by atoms with Crippen molar-refractivity contribution in [2.24, 2.45) is 0 Å². The Hall–Kier alpha value is -2.01. The molecule has 1 aliphatic heterocycles. The van der Waals surface area contributed by atoms with Crippen LogP contribution in [0.4, 0.5) is 0 Å². The third kappa shape index (κ3) is 3.26. The van der Waals surface area contributed by atoms with E-state index in [0.717, 1.165) is 31.8 Å². The van der Waals surface area contributed by atoms with Crippen molar-refractivity contribution in [2.45, 2.75) is 32.2 Å². The molecule has 24 heavy (non-hydrogen) atoms. The summed E-state index contributed by atoms with van der Waals surface area (Å²) in [5.74, 6) is 1.85. The predicted octanol–water partition coefficient (Wildman–Crippen LogP) is 3.58. The summed E-state index contributed by atoms with van der Waals surface area (Å²) in [5, 5.41) is 0.536. The highest BCUT2D eigenvalue weighted by molar-refractivity contribution is 6.31. The number of ether oxygens (including phenoxy) is 1. The van der Waals surface area contributed by atoms with Crippen LogP contribution in [0.1, 0.15) is 41.9 Å². The maximum absolute atomic E-state index is 13.0. The van der Waals surface area contributed by atoms with E-state index in [9.17, 15) is 4.79 Å². The predicted molar refractivity (Wildman–Crippen MR) is 93.8 cm³/mol. The largest absolute Gasteiger partial charge is 0.496 e. The van der Waals surface area contributed by atoms with Crippen molar-refractivity contribution in [2.75, 3.05) is 20.2 Å². The highest BCUT2D eigenvalue weighted by atomic mass is 35.5. The summed E-state index contributed by atoms with van der Waals surface area (Å²) in [6.45, 7) is 4.42. The first-order valence-corrected chi connectivity index (χ1v) is 8.65. The van der Waals surface area contributed by atoms with Gasteiger partial charge in [-0.1, -0.05) is 11.6 Å². The number of imidazole rings is 1. The fourth-order valence-electron chi connectivity index (χ4n) is 3.34. The molecule has 1 aliphatic rings. The Balaban J connectivity index is 1.82. The number of methoxy groups -OCH3 is 1. The van der Waals surface area contributed by atoms with E-state index in [2.05, 4.69) is 16.5 Å². The van der Waals surface area contributed by atoms with Crippen LogP contribution in [0.25, 0.3) is 0 Å². The van der Waals surface area contributed by atoms with Gasteiger partial charge in [-0.3, -0.25) is 4.79 Å². The van der Waals surface area contributed by atoms with Gasteiger partial charge in [0.2, 0.25) is 0 Å². The van der Waals surface area contributed by atoms with Crippen LogP contribution < -0.4 is 4.74 Å². The van der Waals surface area contributed by atoms with Crippen molar-refractivity contribution < 1.29 is 9.53 Å². The molecule has 1 fully saturated rings. The maximum atomic E-state index is 13.0. The number of aromatic nitrogens is 2. The van der Waals surface area contributed by atoms with Crippen LogP contribution in [0, 0.1) is 0 Å². The lowest BCUT2D eigenvalue weighted by Crippen LogP contribution is -2.40. The minimum Gasteiger partial charge on any atom is -0.496 e. The Morgan fingerprint density at radius 1 is 1.46 bits per heavy atom. The molecule has 0 aliphatic carbocycles. The SMILES string of the molecule is CCn1ccnc1C1CCCN(C(=O)c2cc(Cl)ccc2OC)C1. The average molecular weight is 348 g/mol. The topological polar surface area (TPSA) is 47.4 Å². The van der Waals surface area contributed by atoms with E-state index in [1.807, 2.05) is 17.3 Å². The van der Waals surface area contributed by atoms with Crippen LogP contribution in [0.3, 0.4) is 0 Å². The number of nitrogens with zero attached hydrogens (tertiary/aromatic N) is 3. The molecular weight excluding hydrogens is 326 g/mol. The van der Waals surface area contributed by atoms with E-state index in [4.69, 9.17) is 16.3 Å². The standard InChI is InChI=1S/C18H22ClN3O2/c1-3-21-10-8-20-17(21)13-5-4-9-22(12-13)18(23)15-11-14(19)6-7-16(15)24-2/h6-8,10-11,13H,3-5,9,12H2,1-2H3. The molecule has 1 amide bonds. The van der Waals surface area contributed by atoms with Crippen LogP contribution in [0.2, 0.25) is 5.02 Å². The van der Waals surface area contributed by atoms with E-state index >= 15 is 0 Å². The number of hydrogen-bond acceptors (Lipinski definition) is 3. The Labute approximate surface area is 147 Å². The Morgan fingerprint density at radius 2 is 2.29 bits per heavy atom. The molecule has 3 rings (SSSR count). The van der Waals surface area contributed by atoms with Crippen molar-refractivity contribution >= 4 is 17.5 Å². The van der Waals surface area contributed by atoms with Gasteiger partial charge in [-0.2, -0.15) is 0 Å². The van der Waals surface area contributed by atoms with Gasteiger partial charge in [-0.05, 0) is 38.0 Å². The zero-order valence-electron chi connectivity index (χ0n) is 14.0. The number of benzene rings is 1. The lowest BCUT2D eigenvalue weighted by atomic mass is 9.96. The first kappa shape index (κ1) is 16.8. The zero-order valence-corrected chi connectivity index (χ0v) is 14.8. The lowest BCUT2D eigenvalue weighted by Gasteiger charge is -2.33. The van der Waals surface area contributed by atoms with Gasteiger partial charge in [0.1, 0.15) is 11.6 Å². The Bertz CT molecular complexity index is 729. The van der Waals surface area contributed by atoms with Crippen molar-refractivity contribution in [1.29, 1.82) is 0 Å². The van der Waals surface area contributed by atoms with E-state index in [0.29, 0.717) is 22.9 Å². The van der Waals surface area contributed by atoms with Crippen LogP contribution in [-0.2, 0) is 6.54 Å². The third-order valence-corrected chi connectivity index (χ3v) is 4.79. The number of carbonyl (C=O) groups excluding carboxylic acids is 1. The molecule has 0 bridgehead atoms. The number of halogens is 1. The molecule has 0 N–H and O–H groups in total. The average Bonchev–Trinajstić information content (AvgIpc) is 3.10. The molecule has 128 valence electrons. The van der Waals surface area contributed by atoms with Gasteiger partial charge in [0.25, 0.3) is 5.91 Å². The van der Waals surface area contributed by atoms with Crippen molar-refractivity contribution in [1.82, 2.24) is 14.5 Å². The number of amides is 1. The summed E-state index contributed by atoms with van der Waals surface area (Å²) < 4.78 is 7.48. The highest BCUT2D eigenvalue weighted by Crippen LogP contribution is 2.29. The van der Waals surface area contributed by atoms with Crippen molar-refractivity contribution in [3.8, 4) is 5.75 Å². The smallest absolute Gasteiger partial charge is 0.257 e. The Morgan fingerprint density at radius 3 is 3.04 bits per heavy atom. The van der Waals surface area contributed by atoms with Gasteiger partial charge in [-0.15, -0.1) is 0 Å². The molecule has 1 saturated heterocycles. The first-order chi connectivity index (χ1) is 11.6. The monoisotopic (exact) mass is 347 g/mol.